The Labute approximate surface area is 161 Å². The molecule has 0 aliphatic heterocycles. The van der Waals surface area contributed by atoms with Gasteiger partial charge in [0.25, 0.3) is 11.5 Å². The average Bonchev–Trinajstić information content (AvgIpc) is 3.26. The van der Waals surface area contributed by atoms with Crippen LogP contribution in [0.1, 0.15) is 28.2 Å². The predicted molar refractivity (Wildman–Crippen MR) is 107 cm³/mol. The molecule has 4 aromatic rings. The molecule has 0 atom stereocenters. The molecule has 1 amide bonds. The summed E-state index contributed by atoms with van der Waals surface area (Å²) in [4.78, 5) is 24.4. The van der Waals surface area contributed by atoms with Crippen molar-refractivity contribution < 1.29 is 9.21 Å². The summed E-state index contributed by atoms with van der Waals surface area (Å²) < 4.78 is 5.09. The summed E-state index contributed by atoms with van der Waals surface area (Å²) in [5.74, 6) is -0.150. The monoisotopic (exact) mass is 373 g/mol. The second-order valence-corrected chi connectivity index (χ2v) is 6.53. The van der Waals surface area contributed by atoms with E-state index in [1.807, 2.05) is 24.3 Å². The lowest BCUT2D eigenvalue weighted by molar-refractivity contribution is 0.0996. The van der Waals surface area contributed by atoms with Crippen molar-refractivity contribution >= 4 is 22.4 Å². The Kier molecular flexibility index (Phi) is 5.01. The molecule has 2 aromatic heterocycles. The molecule has 0 unspecified atom stereocenters. The number of carbonyl (C=O) groups is 1. The van der Waals surface area contributed by atoms with Crippen molar-refractivity contribution in [3.05, 3.63) is 94.3 Å². The van der Waals surface area contributed by atoms with Gasteiger partial charge in [-0.2, -0.15) is 5.10 Å². The Morgan fingerprint density at radius 2 is 1.86 bits per heavy atom. The molecule has 140 valence electrons. The number of hydrogen-bond acceptors (Lipinski definition) is 4. The normalized spacial score (nSPS) is 10.9. The fraction of sp³-hybridized carbons (Fsp3) is 0.136. The molecule has 2 N–H and O–H groups in total. The third-order valence-electron chi connectivity index (χ3n) is 4.59. The van der Waals surface area contributed by atoms with Gasteiger partial charge >= 0.3 is 0 Å². The van der Waals surface area contributed by atoms with Gasteiger partial charge in [0.2, 0.25) is 0 Å². The molecular formula is C22H19N3O3. The van der Waals surface area contributed by atoms with Crippen molar-refractivity contribution in [3.63, 3.8) is 0 Å². The van der Waals surface area contributed by atoms with Crippen molar-refractivity contribution in [1.82, 2.24) is 10.2 Å². The van der Waals surface area contributed by atoms with Gasteiger partial charge in [0.15, 0.2) is 5.76 Å². The number of H-pyrrole nitrogens is 1. The smallest absolute Gasteiger partial charge is 0.291 e. The minimum absolute atomic E-state index is 0.213. The first-order chi connectivity index (χ1) is 13.7. The summed E-state index contributed by atoms with van der Waals surface area (Å²) in [5, 5.41) is 10.8. The van der Waals surface area contributed by atoms with E-state index in [2.05, 4.69) is 27.6 Å². The van der Waals surface area contributed by atoms with E-state index in [-0.39, 0.29) is 17.2 Å². The number of amides is 1. The van der Waals surface area contributed by atoms with Gasteiger partial charge in [-0.25, -0.2) is 5.10 Å². The number of anilines is 1. The first kappa shape index (κ1) is 17.7. The Bertz CT molecular complexity index is 1150. The number of aromatic amines is 1. The van der Waals surface area contributed by atoms with Crippen LogP contribution in [0.3, 0.4) is 0 Å². The minimum Gasteiger partial charge on any atom is -0.459 e. The summed E-state index contributed by atoms with van der Waals surface area (Å²) >= 11 is 0. The molecular weight excluding hydrogens is 354 g/mol. The number of nitrogens with zero attached hydrogens (tertiary/aromatic N) is 1. The molecule has 6 nitrogen and oxygen atoms in total. The van der Waals surface area contributed by atoms with Crippen molar-refractivity contribution in [2.45, 2.75) is 19.3 Å². The Hall–Kier alpha value is -3.67. The summed E-state index contributed by atoms with van der Waals surface area (Å²) in [6.45, 7) is 0. The maximum Gasteiger partial charge on any atom is 0.291 e. The maximum absolute atomic E-state index is 12.2. The lowest BCUT2D eigenvalue weighted by atomic mass is 10.0. The zero-order chi connectivity index (χ0) is 19.3. The van der Waals surface area contributed by atoms with Crippen LogP contribution in [-0.4, -0.2) is 16.1 Å². The maximum atomic E-state index is 12.2. The third-order valence-corrected chi connectivity index (χ3v) is 4.59. The number of aromatic nitrogens is 2. The number of benzene rings is 2. The fourth-order valence-electron chi connectivity index (χ4n) is 3.20. The van der Waals surface area contributed by atoms with E-state index in [0.717, 1.165) is 30.3 Å². The van der Waals surface area contributed by atoms with Gasteiger partial charge in [-0.1, -0.05) is 36.4 Å². The van der Waals surface area contributed by atoms with Gasteiger partial charge in [0.05, 0.1) is 17.3 Å². The first-order valence-electron chi connectivity index (χ1n) is 9.11. The van der Waals surface area contributed by atoms with Crippen LogP contribution in [0.5, 0.6) is 0 Å². The van der Waals surface area contributed by atoms with Gasteiger partial charge in [-0.05, 0) is 49.1 Å². The number of nitrogens with one attached hydrogen (secondary N) is 2. The van der Waals surface area contributed by atoms with Gasteiger partial charge < -0.3 is 9.73 Å². The van der Waals surface area contributed by atoms with Gasteiger partial charge in [-0.15, -0.1) is 0 Å². The van der Waals surface area contributed by atoms with Crippen LogP contribution in [0.2, 0.25) is 0 Å². The lowest BCUT2D eigenvalue weighted by Gasteiger charge is -2.08. The predicted octanol–water partition coefficient (Wildman–Crippen LogP) is 3.94. The van der Waals surface area contributed by atoms with E-state index in [1.165, 1.54) is 11.8 Å². The zero-order valence-electron chi connectivity index (χ0n) is 15.1. The number of fused-ring (bicyclic) bond motifs is 1. The van der Waals surface area contributed by atoms with Crippen LogP contribution < -0.4 is 10.9 Å². The Balaban J connectivity index is 1.53. The molecule has 4 rings (SSSR count). The van der Waals surface area contributed by atoms with E-state index in [9.17, 15) is 9.59 Å². The van der Waals surface area contributed by atoms with Crippen LogP contribution >= 0.6 is 0 Å². The number of aryl methyl sites for hydroxylation is 2. The molecule has 0 aliphatic carbocycles. The van der Waals surface area contributed by atoms with E-state index < -0.39 is 0 Å². The third kappa shape index (κ3) is 3.86. The zero-order valence-corrected chi connectivity index (χ0v) is 15.1. The van der Waals surface area contributed by atoms with Gasteiger partial charge in [-0.3, -0.25) is 9.59 Å². The summed E-state index contributed by atoms with van der Waals surface area (Å²) in [7, 11) is 0. The van der Waals surface area contributed by atoms with Crippen molar-refractivity contribution in [2.24, 2.45) is 0 Å². The lowest BCUT2D eigenvalue weighted by Crippen LogP contribution is -2.14. The molecule has 0 saturated carbocycles. The molecule has 6 heteroatoms. The van der Waals surface area contributed by atoms with E-state index >= 15 is 0 Å². The minimum atomic E-state index is -0.363. The fourth-order valence-corrected chi connectivity index (χ4v) is 3.20. The van der Waals surface area contributed by atoms with Crippen molar-refractivity contribution in [1.29, 1.82) is 0 Å². The molecule has 2 aromatic carbocycles. The van der Waals surface area contributed by atoms with Crippen LogP contribution in [0.15, 0.2) is 76.1 Å². The van der Waals surface area contributed by atoms with E-state index in [1.54, 1.807) is 24.3 Å². The Morgan fingerprint density at radius 3 is 2.64 bits per heavy atom. The molecule has 0 bridgehead atoms. The topological polar surface area (TPSA) is 88.0 Å². The number of hydrogen-bond donors (Lipinski definition) is 2. The molecule has 28 heavy (non-hydrogen) atoms. The second kappa shape index (κ2) is 7.92. The highest BCUT2D eigenvalue weighted by Crippen LogP contribution is 2.20. The van der Waals surface area contributed by atoms with Crippen LogP contribution in [-0.2, 0) is 12.8 Å². The summed E-state index contributed by atoms with van der Waals surface area (Å²) in [6, 6.07) is 18.8. The molecule has 2 heterocycles. The molecule has 0 aliphatic rings. The summed E-state index contributed by atoms with van der Waals surface area (Å²) in [6.07, 6.45) is 4.06. The quantitative estimate of drug-likeness (QED) is 0.536. The molecule has 0 fully saturated rings. The Morgan fingerprint density at radius 1 is 1.00 bits per heavy atom. The number of carbonyl (C=O) groups excluding carboxylic acids is 1. The number of furan rings is 1. The largest absolute Gasteiger partial charge is 0.459 e. The standard InChI is InChI=1S/C22H19N3O3/c26-21-18-14-16(23-22(27)20-10-5-13-28-20)11-12-17(18)19(24-25-21)9-4-8-15-6-2-1-3-7-15/h1-3,5-7,10-14H,4,8-9H2,(H,23,27)(H,25,26). The van der Waals surface area contributed by atoms with E-state index in [4.69, 9.17) is 4.42 Å². The molecule has 0 saturated heterocycles. The summed E-state index contributed by atoms with van der Waals surface area (Å²) in [5.41, 5.74) is 2.37. The highest BCUT2D eigenvalue weighted by molar-refractivity contribution is 6.03. The van der Waals surface area contributed by atoms with Crippen LogP contribution in [0.25, 0.3) is 10.8 Å². The SMILES string of the molecule is O=C(Nc1ccc2c(CCCc3ccccc3)n[nH]c(=O)c2c1)c1ccco1. The highest BCUT2D eigenvalue weighted by Gasteiger charge is 2.11. The number of rotatable bonds is 6. The van der Waals surface area contributed by atoms with Gasteiger partial charge in [0, 0.05) is 11.1 Å². The van der Waals surface area contributed by atoms with Gasteiger partial charge in [0.1, 0.15) is 0 Å². The van der Waals surface area contributed by atoms with Crippen LogP contribution in [0, 0.1) is 0 Å². The van der Waals surface area contributed by atoms with Crippen molar-refractivity contribution in [2.75, 3.05) is 5.32 Å². The van der Waals surface area contributed by atoms with Crippen molar-refractivity contribution in [3.8, 4) is 0 Å². The first-order valence-corrected chi connectivity index (χ1v) is 9.11. The van der Waals surface area contributed by atoms with Crippen LogP contribution in [0.4, 0.5) is 5.69 Å². The van der Waals surface area contributed by atoms with E-state index in [0.29, 0.717) is 11.1 Å². The molecule has 0 radical (unpaired) electrons. The highest BCUT2D eigenvalue weighted by atomic mass is 16.3. The molecule has 0 spiro atoms. The average molecular weight is 373 g/mol. The second-order valence-electron chi connectivity index (χ2n) is 6.53.